The van der Waals surface area contributed by atoms with Crippen LogP contribution >= 0.6 is 12.2 Å². The molecule has 1 aromatic carbocycles. The Morgan fingerprint density at radius 1 is 1.20 bits per heavy atom. The lowest BCUT2D eigenvalue weighted by Gasteiger charge is -2.20. The zero-order valence-electron chi connectivity index (χ0n) is 11.5. The molecule has 2 aromatic rings. The topological polar surface area (TPSA) is 37.0 Å². The molecule has 20 heavy (non-hydrogen) atoms. The number of aromatic nitrogens is 1. The molecule has 0 saturated heterocycles. The van der Waals surface area contributed by atoms with Crippen molar-refractivity contribution in [2.75, 3.05) is 0 Å². The van der Waals surface area contributed by atoms with Gasteiger partial charge in [-0.05, 0) is 35.8 Å². The maximum atomic E-state index is 5.35. The van der Waals surface area contributed by atoms with Crippen molar-refractivity contribution in [1.82, 2.24) is 15.6 Å². The summed E-state index contributed by atoms with van der Waals surface area (Å²) in [5, 5.41) is 7.24. The number of nitrogens with one attached hydrogen (secondary N) is 2. The molecular weight excluding hydrogens is 266 g/mol. The number of hydrogen-bond donors (Lipinski definition) is 2. The minimum absolute atomic E-state index is 0.241. The van der Waals surface area contributed by atoms with Crippen LogP contribution < -0.4 is 10.6 Å². The summed E-state index contributed by atoms with van der Waals surface area (Å²) >= 11 is 5.35. The standard InChI is InChI=1S/C16H19N3S/c1-2-15(14-8-4-3-5-9-14)19-16(20)18-12-13-7-6-10-17-11-13/h3-11,15H,2,12H2,1H3,(H2,18,19,20). The molecule has 104 valence electrons. The predicted octanol–water partition coefficient (Wildman–Crippen LogP) is 3.20. The van der Waals surface area contributed by atoms with Crippen molar-refractivity contribution < 1.29 is 0 Å². The Hall–Kier alpha value is -1.94. The lowest BCUT2D eigenvalue weighted by Crippen LogP contribution is -2.37. The van der Waals surface area contributed by atoms with E-state index in [1.807, 2.05) is 36.5 Å². The summed E-state index contributed by atoms with van der Waals surface area (Å²) in [6.07, 6.45) is 4.59. The van der Waals surface area contributed by atoms with Crippen molar-refractivity contribution in [3.63, 3.8) is 0 Å². The van der Waals surface area contributed by atoms with E-state index in [1.165, 1.54) is 5.56 Å². The van der Waals surface area contributed by atoms with Crippen LogP contribution in [0, 0.1) is 0 Å². The van der Waals surface area contributed by atoms with E-state index in [2.05, 4.69) is 34.7 Å². The maximum absolute atomic E-state index is 5.35. The molecule has 0 aliphatic carbocycles. The van der Waals surface area contributed by atoms with E-state index < -0.39 is 0 Å². The third kappa shape index (κ3) is 4.31. The molecule has 2 N–H and O–H groups in total. The number of hydrogen-bond acceptors (Lipinski definition) is 2. The molecule has 0 fully saturated rings. The average Bonchev–Trinajstić information content (AvgIpc) is 2.52. The largest absolute Gasteiger partial charge is 0.359 e. The maximum Gasteiger partial charge on any atom is 0.167 e. The van der Waals surface area contributed by atoms with E-state index in [1.54, 1.807) is 6.20 Å². The zero-order chi connectivity index (χ0) is 14.2. The molecule has 1 heterocycles. The van der Waals surface area contributed by atoms with Crippen LogP contribution in [0.4, 0.5) is 0 Å². The van der Waals surface area contributed by atoms with E-state index in [0.717, 1.165) is 12.0 Å². The summed E-state index contributed by atoms with van der Waals surface area (Å²) in [5.41, 5.74) is 2.37. The van der Waals surface area contributed by atoms with Crippen LogP contribution in [-0.4, -0.2) is 10.1 Å². The van der Waals surface area contributed by atoms with Gasteiger partial charge in [-0.2, -0.15) is 0 Å². The third-order valence-corrected chi connectivity index (χ3v) is 3.35. The first-order valence-corrected chi connectivity index (χ1v) is 7.18. The third-order valence-electron chi connectivity index (χ3n) is 3.09. The Morgan fingerprint density at radius 2 is 2.00 bits per heavy atom. The van der Waals surface area contributed by atoms with Gasteiger partial charge in [0.05, 0.1) is 6.04 Å². The van der Waals surface area contributed by atoms with Gasteiger partial charge in [0.25, 0.3) is 0 Å². The van der Waals surface area contributed by atoms with Crippen molar-refractivity contribution >= 4 is 17.3 Å². The molecule has 2 rings (SSSR count). The SMILES string of the molecule is CCC(NC(=S)NCc1cccnc1)c1ccccc1. The molecule has 1 aromatic heterocycles. The Balaban J connectivity index is 1.87. The first-order chi connectivity index (χ1) is 9.79. The minimum atomic E-state index is 0.241. The molecule has 0 aliphatic rings. The summed E-state index contributed by atoms with van der Waals surface area (Å²) in [4.78, 5) is 4.08. The van der Waals surface area contributed by atoms with Gasteiger partial charge in [-0.15, -0.1) is 0 Å². The van der Waals surface area contributed by atoms with Crippen LogP contribution in [0.3, 0.4) is 0 Å². The monoisotopic (exact) mass is 285 g/mol. The molecule has 1 unspecified atom stereocenters. The molecular formula is C16H19N3S. The molecule has 3 nitrogen and oxygen atoms in total. The second-order valence-corrected chi connectivity index (χ2v) is 4.97. The van der Waals surface area contributed by atoms with Crippen molar-refractivity contribution in [3.8, 4) is 0 Å². The predicted molar refractivity (Wildman–Crippen MR) is 86.3 cm³/mol. The van der Waals surface area contributed by atoms with Gasteiger partial charge >= 0.3 is 0 Å². The fraction of sp³-hybridized carbons (Fsp3) is 0.250. The molecule has 0 bridgehead atoms. The Morgan fingerprint density at radius 3 is 2.65 bits per heavy atom. The minimum Gasteiger partial charge on any atom is -0.359 e. The zero-order valence-corrected chi connectivity index (χ0v) is 12.4. The van der Waals surface area contributed by atoms with Gasteiger partial charge in [0, 0.05) is 18.9 Å². The van der Waals surface area contributed by atoms with E-state index >= 15 is 0 Å². The van der Waals surface area contributed by atoms with Gasteiger partial charge < -0.3 is 10.6 Å². The Kier molecular flexibility index (Phi) is 5.50. The van der Waals surface area contributed by atoms with Crippen LogP contribution in [0.1, 0.15) is 30.5 Å². The Labute approximate surface area is 125 Å². The highest BCUT2D eigenvalue weighted by atomic mass is 32.1. The molecule has 0 amide bonds. The van der Waals surface area contributed by atoms with Crippen LogP contribution in [0.25, 0.3) is 0 Å². The van der Waals surface area contributed by atoms with E-state index in [-0.39, 0.29) is 6.04 Å². The summed E-state index contributed by atoms with van der Waals surface area (Å²) in [6, 6.07) is 14.5. The lowest BCUT2D eigenvalue weighted by atomic mass is 10.1. The van der Waals surface area contributed by atoms with Gasteiger partial charge in [-0.1, -0.05) is 43.3 Å². The highest BCUT2D eigenvalue weighted by molar-refractivity contribution is 7.80. The first-order valence-electron chi connectivity index (χ1n) is 6.78. The van der Waals surface area contributed by atoms with E-state index in [4.69, 9.17) is 12.2 Å². The number of pyridine rings is 1. The molecule has 4 heteroatoms. The fourth-order valence-corrected chi connectivity index (χ4v) is 2.22. The quantitative estimate of drug-likeness (QED) is 0.827. The second kappa shape index (κ2) is 7.60. The van der Waals surface area contributed by atoms with Crippen LogP contribution in [0.2, 0.25) is 0 Å². The molecule has 1 atom stereocenters. The van der Waals surface area contributed by atoms with Crippen LogP contribution in [0.5, 0.6) is 0 Å². The number of thiocarbonyl (C=S) groups is 1. The first kappa shape index (κ1) is 14.5. The van der Waals surface area contributed by atoms with Crippen molar-refractivity contribution in [1.29, 1.82) is 0 Å². The van der Waals surface area contributed by atoms with Crippen molar-refractivity contribution in [3.05, 3.63) is 66.0 Å². The van der Waals surface area contributed by atoms with Gasteiger partial charge in [0.15, 0.2) is 5.11 Å². The van der Waals surface area contributed by atoms with Crippen molar-refractivity contribution in [2.24, 2.45) is 0 Å². The van der Waals surface area contributed by atoms with Gasteiger partial charge in [-0.25, -0.2) is 0 Å². The average molecular weight is 285 g/mol. The van der Waals surface area contributed by atoms with E-state index in [9.17, 15) is 0 Å². The highest BCUT2D eigenvalue weighted by Crippen LogP contribution is 2.15. The van der Waals surface area contributed by atoms with Crippen LogP contribution in [-0.2, 0) is 6.54 Å². The lowest BCUT2D eigenvalue weighted by molar-refractivity contribution is 0.616. The molecule has 0 aliphatic heterocycles. The molecule has 0 spiro atoms. The normalized spacial score (nSPS) is 11.7. The highest BCUT2D eigenvalue weighted by Gasteiger charge is 2.09. The summed E-state index contributed by atoms with van der Waals surface area (Å²) in [7, 11) is 0. The fourth-order valence-electron chi connectivity index (χ4n) is 2.00. The van der Waals surface area contributed by atoms with Gasteiger partial charge in [0.1, 0.15) is 0 Å². The smallest absolute Gasteiger partial charge is 0.167 e. The van der Waals surface area contributed by atoms with E-state index in [0.29, 0.717) is 11.7 Å². The summed E-state index contributed by atoms with van der Waals surface area (Å²) < 4.78 is 0. The number of nitrogens with zero attached hydrogens (tertiary/aromatic N) is 1. The van der Waals surface area contributed by atoms with Crippen LogP contribution in [0.15, 0.2) is 54.9 Å². The van der Waals surface area contributed by atoms with Gasteiger partial charge in [-0.3, -0.25) is 4.98 Å². The summed E-state index contributed by atoms with van der Waals surface area (Å²) in [6.45, 7) is 2.83. The summed E-state index contributed by atoms with van der Waals surface area (Å²) in [5.74, 6) is 0. The Bertz CT molecular complexity index is 528. The van der Waals surface area contributed by atoms with Crippen molar-refractivity contribution in [2.45, 2.75) is 25.9 Å². The molecule has 0 radical (unpaired) electrons. The molecule has 0 saturated carbocycles. The second-order valence-electron chi connectivity index (χ2n) is 4.56. The number of rotatable bonds is 5. The van der Waals surface area contributed by atoms with Gasteiger partial charge in [0.2, 0.25) is 0 Å². The number of benzene rings is 1.